The van der Waals surface area contributed by atoms with Gasteiger partial charge in [0.15, 0.2) is 11.6 Å². The number of phenols is 1. The zero-order valence-corrected chi connectivity index (χ0v) is 11.3. The first-order valence-electron chi connectivity index (χ1n) is 6.81. The highest BCUT2D eigenvalue weighted by Gasteiger charge is 2.16. The summed E-state index contributed by atoms with van der Waals surface area (Å²) in [5, 5.41) is 18.2. The van der Waals surface area contributed by atoms with E-state index in [0.717, 1.165) is 19.3 Å². The maximum Gasteiger partial charge on any atom is 0.339 e. The number of hydrogen-bond acceptors (Lipinski definition) is 2. The summed E-state index contributed by atoms with van der Waals surface area (Å²) in [6.07, 6.45) is 7.16. The van der Waals surface area contributed by atoms with E-state index < -0.39 is 17.5 Å². The Morgan fingerprint density at radius 3 is 2.42 bits per heavy atom. The van der Waals surface area contributed by atoms with Crippen molar-refractivity contribution in [3.63, 3.8) is 0 Å². The van der Waals surface area contributed by atoms with Crippen molar-refractivity contribution in [2.45, 2.75) is 51.9 Å². The van der Waals surface area contributed by atoms with E-state index in [2.05, 4.69) is 6.92 Å². The van der Waals surface area contributed by atoms with Gasteiger partial charge in [0.05, 0.1) is 0 Å². The number of rotatable bonds is 8. The van der Waals surface area contributed by atoms with Crippen LogP contribution in [-0.2, 0) is 6.42 Å². The number of halogens is 1. The van der Waals surface area contributed by atoms with Gasteiger partial charge < -0.3 is 10.2 Å². The molecule has 0 bridgehead atoms. The lowest BCUT2D eigenvalue weighted by atomic mass is 10.0. The third-order valence-electron chi connectivity index (χ3n) is 3.23. The van der Waals surface area contributed by atoms with Crippen LogP contribution in [0.4, 0.5) is 4.39 Å². The summed E-state index contributed by atoms with van der Waals surface area (Å²) in [6, 6.07) is 2.71. The summed E-state index contributed by atoms with van der Waals surface area (Å²) in [4.78, 5) is 10.7. The van der Waals surface area contributed by atoms with Crippen LogP contribution in [0.2, 0.25) is 0 Å². The summed E-state index contributed by atoms with van der Waals surface area (Å²) in [5.74, 6) is -2.87. The van der Waals surface area contributed by atoms with Crippen LogP contribution in [0, 0.1) is 5.82 Å². The van der Waals surface area contributed by atoms with Crippen molar-refractivity contribution in [3.05, 3.63) is 29.1 Å². The topological polar surface area (TPSA) is 57.5 Å². The lowest BCUT2D eigenvalue weighted by Crippen LogP contribution is -2.01. The molecule has 106 valence electrons. The molecule has 0 unspecified atom stereocenters. The molecule has 0 aliphatic rings. The van der Waals surface area contributed by atoms with Crippen LogP contribution in [-0.4, -0.2) is 16.2 Å². The summed E-state index contributed by atoms with van der Waals surface area (Å²) in [6.45, 7) is 2.15. The minimum Gasteiger partial charge on any atom is -0.504 e. The predicted octanol–water partition coefficient (Wildman–Crippen LogP) is 4.13. The Morgan fingerprint density at radius 1 is 1.16 bits per heavy atom. The van der Waals surface area contributed by atoms with Gasteiger partial charge >= 0.3 is 5.97 Å². The molecule has 0 saturated heterocycles. The molecule has 0 fully saturated rings. The fourth-order valence-electron chi connectivity index (χ4n) is 2.07. The van der Waals surface area contributed by atoms with E-state index in [0.29, 0.717) is 12.0 Å². The Balaban J connectivity index is 2.51. The Morgan fingerprint density at radius 2 is 1.79 bits per heavy atom. The SMILES string of the molecule is CCCCCCCCc1ccc(C(=O)O)c(O)c1F. The first kappa shape index (κ1) is 15.5. The number of carbonyl (C=O) groups is 1. The average Bonchev–Trinajstić information content (AvgIpc) is 2.38. The van der Waals surface area contributed by atoms with Crippen LogP contribution in [0.25, 0.3) is 0 Å². The van der Waals surface area contributed by atoms with Crippen LogP contribution >= 0.6 is 0 Å². The van der Waals surface area contributed by atoms with Crippen molar-refractivity contribution in [2.24, 2.45) is 0 Å². The van der Waals surface area contributed by atoms with Crippen molar-refractivity contribution >= 4 is 5.97 Å². The number of aryl methyl sites for hydroxylation is 1. The van der Waals surface area contributed by atoms with Crippen LogP contribution in [0.3, 0.4) is 0 Å². The number of benzene rings is 1. The van der Waals surface area contributed by atoms with Crippen molar-refractivity contribution in [1.29, 1.82) is 0 Å². The molecular weight excluding hydrogens is 247 g/mol. The van der Waals surface area contributed by atoms with E-state index in [-0.39, 0.29) is 5.56 Å². The highest BCUT2D eigenvalue weighted by Crippen LogP contribution is 2.25. The molecule has 0 heterocycles. The maximum absolute atomic E-state index is 13.7. The molecule has 0 amide bonds. The summed E-state index contributed by atoms with van der Waals surface area (Å²) in [5.41, 5.74) is 0.00203. The second-order valence-corrected chi connectivity index (χ2v) is 4.76. The molecule has 0 aliphatic heterocycles. The van der Waals surface area contributed by atoms with Crippen LogP contribution < -0.4 is 0 Å². The molecule has 0 saturated carbocycles. The Bertz CT molecular complexity index is 430. The van der Waals surface area contributed by atoms with Crippen molar-refractivity contribution in [1.82, 2.24) is 0 Å². The number of unbranched alkanes of at least 4 members (excludes halogenated alkanes) is 5. The highest BCUT2D eigenvalue weighted by molar-refractivity contribution is 5.90. The summed E-state index contributed by atoms with van der Waals surface area (Å²) in [7, 11) is 0. The minimum absolute atomic E-state index is 0.385. The zero-order chi connectivity index (χ0) is 14.3. The molecule has 0 aliphatic carbocycles. The van der Waals surface area contributed by atoms with Gasteiger partial charge in [0, 0.05) is 0 Å². The number of aromatic hydroxyl groups is 1. The van der Waals surface area contributed by atoms with E-state index in [1.54, 1.807) is 0 Å². The van der Waals surface area contributed by atoms with E-state index in [4.69, 9.17) is 5.11 Å². The van der Waals surface area contributed by atoms with Gasteiger partial charge in [0.2, 0.25) is 0 Å². The van der Waals surface area contributed by atoms with E-state index >= 15 is 0 Å². The van der Waals surface area contributed by atoms with Gasteiger partial charge in [-0.25, -0.2) is 9.18 Å². The van der Waals surface area contributed by atoms with Crippen molar-refractivity contribution < 1.29 is 19.4 Å². The Hall–Kier alpha value is -1.58. The molecule has 2 N–H and O–H groups in total. The quantitative estimate of drug-likeness (QED) is 0.697. The third-order valence-corrected chi connectivity index (χ3v) is 3.23. The van der Waals surface area contributed by atoms with Gasteiger partial charge in [-0.2, -0.15) is 0 Å². The first-order chi connectivity index (χ1) is 9.07. The fourth-order valence-corrected chi connectivity index (χ4v) is 2.07. The van der Waals surface area contributed by atoms with Crippen molar-refractivity contribution in [2.75, 3.05) is 0 Å². The van der Waals surface area contributed by atoms with Gasteiger partial charge in [-0.3, -0.25) is 0 Å². The Labute approximate surface area is 113 Å². The van der Waals surface area contributed by atoms with Gasteiger partial charge in [0.1, 0.15) is 5.56 Å². The molecule has 4 heteroatoms. The fraction of sp³-hybridized carbons (Fsp3) is 0.533. The lowest BCUT2D eigenvalue weighted by molar-refractivity contribution is 0.0692. The van der Waals surface area contributed by atoms with E-state index in [1.165, 1.54) is 31.4 Å². The normalized spacial score (nSPS) is 10.6. The molecule has 1 rings (SSSR count). The third kappa shape index (κ3) is 4.54. The van der Waals surface area contributed by atoms with Gasteiger partial charge in [-0.05, 0) is 24.5 Å². The zero-order valence-electron chi connectivity index (χ0n) is 11.3. The van der Waals surface area contributed by atoms with Gasteiger partial charge in [-0.15, -0.1) is 0 Å². The molecule has 0 radical (unpaired) electrons. The first-order valence-corrected chi connectivity index (χ1v) is 6.81. The van der Waals surface area contributed by atoms with Crippen LogP contribution in [0.5, 0.6) is 5.75 Å². The molecule has 0 aromatic heterocycles. The molecule has 1 aromatic carbocycles. The number of aromatic carboxylic acids is 1. The lowest BCUT2D eigenvalue weighted by Gasteiger charge is -2.07. The standard InChI is InChI=1S/C15H21FO3/c1-2-3-4-5-6-7-8-11-9-10-12(15(18)19)14(17)13(11)16/h9-10,17H,2-8H2,1H3,(H,18,19). The monoisotopic (exact) mass is 268 g/mol. The summed E-state index contributed by atoms with van der Waals surface area (Å²) < 4.78 is 13.7. The molecule has 0 spiro atoms. The number of carboxylic acids is 1. The maximum atomic E-state index is 13.7. The minimum atomic E-state index is -1.32. The average molecular weight is 268 g/mol. The molecule has 3 nitrogen and oxygen atoms in total. The molecule has 0 atom stereocenters. The second kappa shape index (κ2) is 7.77. The Kier molecular flexibility index (Phi) is 6.33. The predicted molar refractivity (Wildman–Crippen MR) is 72.1 cm³/mol. The van der Waals surface area contributed by atoms with Gasteiger partial charge in [-0.1, -0.05) is 45.1 Å². The second-order valence-electron chi connectivity index (χ2n) is 4.76. The smallest absolute Gasteiger partial charge is 0.339 e. The van der Waals surface area contributed by atoms with Gasteiger partial charge in [0.25, 0.3) is 0 Å². The summed E-state index contributed by atoms with van der Waals surface area (Å²) >= 11 is 0. The number of carboxylic acid groups (broad SMARTS) is 1. The van der Waals surface area contributed by atoms with Crippen LogP contribution in [0.1, 0.15) is 61.4 Å². The van der Waals surface area contributed by atoms with Crippen molar-refractivity contribution in [3.8, 4) is 5.75 Å². The highest BCUT2D eigenvalue weighted by atomic mass is 19.1. The van der Waals surface area contributed by atoms with E-state index in [1.807, 2.05) is 0 Å². The molecule has 19 heavy (non-hydrogen) atoms. The van der Waals surface area contributed by atoms with E-state index in [9.17, 15) is 14.3 Å². The van der Waals surface area contributed by atoms with Crippen LogP contribution in [0.15, 0.2) is 12.1 Å². The molecule has 1 aromatic rings. The molecular formula is C15H21FO3. The number of hydrogen-bond donors (Lipinski definition) is 2. The largest absolute Gasteiger partial charge is 0.504 e.